The number of nitrogens with one attached hydrogen (secondary N) is 1. The Bertz CT molecular complexity index is 871. The minimum Gasteiger partial charge on any atom is -0.498 e. The standard InChI is InChI=1S/C14H9NO3S/c16-11-4-3-9-5-8(1-2-10(9)7-11)6-12-13(17)19-14(18)15-12/h1-7,17H,(H,15,18). The van der Waals surface area contributed by atoms with Gasteiger partial charge in [-0.2, -0.15) is 0 Å². The van der Waals surface area contributed by atoms with E-state index in [9.17, 15) is 14.7 Å². The van der Waals surface area contributed by atoms with Gasteiger partial charge in [0.25, 0.3) is 0 Å². The van der Waals surface area contributed by atoms with Crippen LogP contribution in [-0.4, -0.2) is 15.9 Å². The smallest absolute Gasteiger partial charge is 0.308 e. The largest absolute Gasteiger partial charge is 0.498 e. The first-order chi connectivity index (χ1) is 9.11. The van der Waals surface area contributed by atoms with Crippen LogP contribution in [0.2, 0.25) is 0 Å². The Morgan fingerprint density at radius 1 is 1.21 bits per heavy atom. The molecule has 0 bridgehead atoms. The van der Waals surface area contributed by atoms with Gasteiger partial charge in [-0.25, -0.2) is 0 Å². The van der Waals surface area contributed by atoms with Gasteiger partial charge in [0.2, 0.25) is 0 Å². The molecule has 0 atom stereocenters. The summed E-state index contributed by atoms with van der Waals surface area (Å²) < 4.78 is 0. The van der Waals surface area contributed by atoms with Crippen molar-refractivity contribution in [3.05, 3.63) is 55.6 Å². The molecule has 2 aromatic rings. The summed E-state index contributed by atoms with van der Waals surface area (Å²) >= 11 is 0.766. The van der Waals surface area contributed by atoms with Gasteiger partial charge < -0.3 is 10.1 Å². The second-order valence-electron chi connectivity index (χ2n) is 4.15. The van der Waals surface area contributed by atoms with E-state index in [1.54, 1.807) is 18.2 Å². The zero-order valence-electron chi connectivity index (χ0n) is 9.71. The molecule has 0 aliphatic heterocycles. The monoisotopic (exact) mass is 271 g/mol. The summed E-state index contributed by atoms with van der Waals surface area (Å²) in [5, 5.41) is 11.2. The van der Waals surface area contributed by atoms with Gasteiger partial charge >= 0.3 is 4.87 Å². The molecule has 0 spiro atoms. The number of aromatic amines is 1. The fraction of sp³-hybridized carbons (Fsp3) is 0. The van der Waals surface area contributed by atoms with Crippen LogP contribution in [0.3, 0.4) is 0 Å². The summed E-state index contributed by atoms with van der Waals surface area (Å²) in [5.41, 5.74) is 1.33. The highest BCUT2D eigenvalue weighted by atomic mass is 32.1. The number of rotatable bonds is 1. The molecule has 1 aromatic carbocycles. The number of hydrogen-bond acceptors (Lipinski definition) is 4. The molecule has 0 fully saturated rings. The first kappa shape index (κ1) is 11.7. The second-order valence-corrected chi connectivity index (χ2v) is 5.11. The second kappa shape index (κ2) is 4.37. The number of ketones is 1. The van der Waals surface area contributed by atoms with E-state index < -0.39 is 0 Å². The van der Waals surface area contributed by atoms with Crippen molar-refractivity contribution in [1.82, 2.24) is 4.98 Å². The van der Waals surface area contributed by atoms with Gasteiger partial charge in [-0.3, -0.25) is 9.59 Å². The molecule has 1 aromatic heterocycles. The lowest BCUT2D eigenvalue weighted by Gasteiger charge is -2.00. The zero-order valence-corrected chi connectivity index (χ0v) is 10.5. The minimum atomic E-state index is -0.291. The lowest BCUT2D eigenvalue weighted by atomic mass is 10.0. The zero-order chi connectivity index (χ0) is 13.4. The summed E-state index contributed by atoms with van der Waals surface area (Å²) in [6, 6.07) is 5.56. The SMILES string of the molecule is O=C1C=Cc2cc(=Cc3[nH]c(=O)sc3O)ccc2=C1. The van der Waals surface area contributed by atoms with E-state index in [1.807, 2.05) is 18.2 Å². The topological polar surface area (TPSA) is 70.2 Å². The van der Waals surface area contributed by atoms with Gasteiger partial charge in [-0.1, -0.05) is 18.2 Å². The Labute approximate surface area is 111 Å². The van der Waals surface area contributed by atoms with Gasteiger partial charge in [0.1, 0.15) is 0 Å². The van der Waals surface area contributed by atoms with Gasteiger partial charge in [-0.15, -0.1) is 0 Å². The molecule has 4 nitrogen and oxygen atoms in total. The van der Waals surface area contributed by atoms with Crippen molar-refractivity contribution in [2.75, 3.05) is 0 Å². The van der Waals surface area contributed by atoms with Crippen molar-refractivity contribution in [2.24, 2.45) is 0 Å². The lowest BCUT2D eigenvalue weighted by Crippen LogP contribution is -2.16. The number of carbonyl (C=O) groups excluding carboxylic acids is 1. The average molecular weight is 271 g/mol. The van der Waals surface area contributed by atoms with Gasteiger partial charge in [-0.05, 0) is 51.6 Å². The van der Waals surface area contributed by atoms with Crippen molar-refractivity contribution < 1.29 is 9.90 Å². The number of aromatic nitrogens is 1. The van der Waals surface area contributed by atoms with Crippen molar-refractivity contribution in [2.45, 2.75) is 0 Å². The molecule has 3 rings (SSSR count). The van der Waals surface area contributed by atoms with Crippen LogP contribution in [0.25, 0.3) is 18.2 Å². The van der Waals surface area contributed by atoms with Crippen molar-refractivity contribution in [3.63, 3.8) is 0 Å². The number of hydrogen-bond donors (Lipinski definition) is 2. The number of allylic oxidation sites excluding steroid dienone is 1. The number of fused-ring (bicyclic) bond motifs is 1. The van der Waals surface area contributed by atoms with E-state index in [0.29, 0.717) is 5.69 Å². The molecule has 0 radical (unpaired) electrons. The van der Waals surface area contributed by atoms with E-state index in [1.165, 1.54) is 6.08 Å². The normalized spacial score (nSPS) is 14.3. The highest BCUT2D eigenvalue weighted by Gasteiger charge is 2.04. The number of carbonyl (C=O) groups is 1. The molecule has 0 saturated carbocycles. The molecule has 19 heavy (non-hydrogen) atoms. The molecule has 1 aliphatic carbocycles. The lowest BCUT2D eigenvalue weighted by molar-refractivity contribution is -0.109. The summed E-state index contributed by atoms with van der Waals surface area (Å²) in [4.78, 5) is 24.6. The first-order valence-corrected chi connectivity index (χ1v) is 6.41. The van der Waals surface area contributed by atoms with Crippen LogP contribution >= 0.6 is 11.3 Å². The Morgan fingerprint density at radius 3 is 2.79 bits per heavy atom. The third-order valence-electron chi connectivity index (χ3n) is 2.80. The Morgan fingerprint density at radius 2 is 2.05 bits per heavy atom. The quantitative estimate of drug-likeness (QED) is 0.786. The Balaban J connectivity index is 2.16. The van der Waals surface area contributed by atoms with Crippen LogP contribution in [0.15, 0.2) is 29.1 Å². The predicted molar refractivity (Wildman–Crippen MR) is 74.4 cm³/mol. The van der Waals surface area contributed by atoms with Crippen LogP contribution < -0.4 is 15.3 Å². The van der Waals surface area contributed by atoms with Gasteiger partial charge in [0, 0.05) is 0 Å². The van der Waals surface area contributed by atoms with Crippen LogP contribution in [-0.2, 0) is 4.79 Å². The van der Waals surface area contributed by atoms with Gasteiger partial charge in [0.15, 0.2) is 10.8 Å². The van der Waals surface area contributed by atoms with Crippen LogP contribution in [0.4, 0.5) is 0 Å². The summed E-state index contributed by atoms with van der Waals surface area (Å²) in [6.07, 6.45) is 6.53. The number of aromatic hydroxyl groups is 1. The maximum absolute atomic E-state index is 11.2. The van der Waals surface area contributed by atoms with Crippen molar-refractivity contribution >= 4 is 35.3 Å². The maximum atomic E-state index is 11.2. The summed E-state index contributed by atoms with van der Waals surface area (Å²) in [5.74, 6) is -0.0240. The van der Waals surface area contributed by atoms with E-state index in [0.717, 1.165) is 27.3 Å². The van der Waals surface area contributed by atoms with E-state index >= 15 is 0 Å². The molecule has 1 heterocycles. The molecule has 0 saturated heterocycles. The number of H-pyrrole nitrogens is 1. The molecular formula is C14H9NO3S. The predicted octanol–water partition coefficient (Wildman–Crippen LogP) is 0.347. The van der Waals surface area contributed by atoms with Crippen molar-refractivity contribution in [1.29, 1.82) is 0 Å². The highest BCUT2D eigenvalue weighted by Crippen LogP contribution is 2.17. The van der Waals surface area contributed by atoms with E-state index in [4.69, 9.17) is 0 Å². The Kier molecular flexibility index (Phi) is 2.68. The minimum absolute atomic E-state index is 0.0240. The van der Waals surface area contributed by atoms with Gasteiger partial charge in [0.05, 0.1) is 5.69 Å². The molecule has 1 aliphatic rings. The number of thiazole rings is 1. The van der Waals surface area contributed by atoms with E-state index in [-0.39, 0.29) is 15.7 Å². The van der Waals surface area contributed by atoms with Crippen molar-refractivity contribution in [3.8, 4) is 5.06 Å². The fourth-order valence-corrected chi connectivity index (χ4v) is 2.48. The molecule has 94 valence electrons. The fourth-order valence-electron chi connectivity index (χ4n) is 1.93. The van der Waals surface area contributed by atoms with Crippen LogP contribution in [0, 0.1) is 0 Å². The maximum Gasteiger partial charge on any atom is 0.308 e. The molecular weight excluding hydrogens is 262 g/mol. The molecule has 2 N–H and O–H groups in total. The van der Waals surface area contributed by atoms with E-state index in [2.05, 4.69) is 4.98 Å². The third kappa shape index (κ3) is 2.28. The third-order valence-corrected chi connectivity index (χ3v) is 3.50. The highest BCUT2D eigenvalue weighted by molar-refractivity contribution is 7.11. The van der Waals surface area contributed by atoms with Crippen LogP contribution in [0.5, 0.6) is 5.06 Å². The Hall–Kier alpha value is -2.40. The summed E-state index contributed by atoms with van der Waals surface area (Å²) in [6.45, 7) is 0. The molecule has 5 heteroatoms. The first-order valence-electron chi connectivity index (χ1n) is 5.59. The van der Waals surface area contributed by atoms with Crippen LogP contribution in [0.1, 0.15) is 11.3 Å². The molecule has 0 unspecified atom stereocenters. The molecule has 0 amide bonds. The average Bonchev–Trinajstić information content (AvgIpc) is 2.68. The number of benzene rings is 1. The summed E-state index contributed by atoms with van der Waals surface area (Å²) in [7, 11) is 0.